The Hall–Kier alpha value is -1.93. The van der Waals surface area contributed by atoms with E-state index in [1.165, 1.54) is 10.6 Å². The van der Waals surface area contributed by atoms with Gasteiger partial charge in [0.1, 0.15) is 0 Å². The number of hydrogen-bond donors (Lipinski definition) is 1. The van der Waals surface area contributed by atoms with E-state index >= 15 is 0 Å². The van der Waals surface area contributed by atoms with E-state index in [0.29, 0.717) is 32.5 Å². The Bertz CT molecular complexity index is 898. The second kappa shape index (κ2) is 8.30. The van der Waals surface area contributed by atoms with Crippen LogP contribution in [0.25, 0.3) is 0 Å². The Kier molecular flexibility index (Phi) is 5.90. The molecule has 8 heteroatoms. The van der Waals surface area contributed by atoms with E-state index in [1.807, 2.05) is 30.3 Å². The predicted octanol–water partition coefficient (Wildman–Crippen LogP) is 1.50. The number of nitrogens with one attached hydrogen (secondary N) is 1. The van der Waals surface area contributed by atoms with Gasteiger partial charge in [-0.15, -0.1) is 0 Å². The van der Waals surface area contributed by atoms with Gasteiger partial charge in [-0.05, 0) is 31.2 Å². The molecule has 1 aliphatic heterocycles. The first-order valence-electron chi connectivity index (χ1n) is 10.9. The summed E-state index contributed by atoms with van der Waals surface area (Å²) in [4.78, 5) is 28.1. The number of hydrogen-bond acceptors (Lipinski definition) is 4. The quantitative estimate of drug-likeness (QED) is 0.783. The molecule has 3 aliphatic rings. The zero-order valence-corrected chi connectivity index (χ0v) is 18.4. The molecule has 0 radical (unpaired) electrons. The van der Waals surface area contributed by atoms with Crippen molar-refractivity contribution < 1.29 is 18.0 Å². The predicted molar refractivity (Wildman–Crippen MR) is 114 cm³/mol. The Morgan fingerprint density at radius 1 is 1.07 bits per heavy atom. The smallest absolute Gasteiger partial charge is 0.233 e. The molecule has 3 fully saturated rings. The van der Waals surface area contributed by atoms with Crippen LogP contribution < -0.4 is 5.32 Å². The molecule has 7 nitrogen and oxygen atoms in total. The third-order valence-corrected chi connectivity index (χ3v) is 8.21. The second-order valence-corrected chi connectivity index (χ2v) is 10.8. The highest BCUT2D eigenvalue weighted by atomic mass is 32.2. The molecule has 2 aliphatic carbocycles. The van der Waals surface area contributed by atoms with Crippen LogP contribution in [0.3, 0.4) is 0 Å². The van der Waals surface area contributed by atoms with Crippen molar-refractivity contribution in [3.63, 3.8) is 0 Å². The standard InChI is InChI=1S/C22H31N3O4S/c1-30(28,29)25-16-15-24(14-13-23-20(26)18-9-5-6-10-19(18)25)21(27)22(11-12-22)17-7-3-2-4-8-17/h2-4,7-8,18-19H,5-6,9-16H2,1H3,(H,23,26). The number of amides is 2. The molecule has 1 N–H and O–H groups in total. The van der Waals surface area contributed by atoms with Crippen molar-refractivity contribution in [2.75, 3.05) is 32.4 Å². The molecular weight excluding hydrogens is 402 g/mol. The summed E-state index contributed by atoms with van der Waals surface area (Å²) < 4.78 is 26.7. The Morgan fingerprint density at radius 3 is 2.43 bits per heavy atom. The van der Waals surface area contributed by atoms with Crippen LogP contribution in [-0.4, -0.2) is 67.9 Å². The van der Waals surface area contributed by atoms with Crippen LogP contribution in [0.2, 0.25) is 0 Å². The minimum Gasteiger partial charge on any atom is -0.354 e. The van der Waals surface area contributed by atoms with Gasteiger partial charge in [-0.25, -0.2) is 8.42 Å². The highest BCUT2D eigenvalue weighted by Crippen LogP contribution is 2.49. The van der Waals surface area contributed by atoms with Crippen molar-refractivity contribution >= 4 is 21.8 Å². The fourth-order valence-electron chi connectivity index (χ4n) is 5.13. The van der Waals surface area contributed by atoms with Crippen LogP contribution in [0, 0.1) is 5.92 Å². The summed E-state index contributed by atoms with van der Waals surface area (Å²) in [5.74, 6) is -0.362. The van der Waals surface area contributed by atoms with E-state index in [9.17, 15) is 18.0 Å². The molecule has 1 heterocycles. The first-order chi connectivity index (χ1) is 14.3. The fraction of sp³-hybridized carbons (Fsp3) is 0.636. The van der Waals surface area contributed by atoms with E-state index in [1.54, 1.807) is 4.90 Å². The SMILES string of the molecule is CS(=O)(=O)N1CCN(C(=O)C2(c3ccccc3)CC2)CCNC(=O)C2CCCCC21. The maximum absolute atomic E-state index is 13.5. The van der Waals surface area contributed by atoms with Gasteiger partial charge >= 0.3 is 0 Å². The van der Waals surface area contributed by atoms with Gasteiger partial charge in [0.15, 0.2) is 0 Å². The molecule has 1 aromatic carbocycles. The molecule has 1 aromatic rings. The van der Waals surface area contributed by atoms with Crippen LogP contribution in [0.4, 0.5) is 0 Å². The van der Waals surface area contributed by atoms with Gasteiger partial charge in [-0.3, -0.25) is 9.59 Å². The zero-order valence-electron chi connectivity index (χ0n) is 17.5. The number of carbonyl (C=O) groups excluding carboxylic acids is 2. The maximum atomic E-state index is 13.5. The van der Waals surface area contributed by atoms with Crippen molar-refractivity contribution in [1.82, 2.24) is 14.5 Å². The minimum atomic E-state index is -3.49. The van der Waals surface area contributed by atoms with Crippen LogP contribution in [0.5, 0.6) is 0 Å². The summed E-state index contributed by atoms with van der Waals surface area (Å²) in [7, 11) is -3.49. The average molecular weight is 434 g/mol. The van der Waals surface area contributed by atoms with Crippen LogP contribution in [-0.2, 0) is 25.0 Å². The molecule has 0 spiro atoms. The first-order valence-corrected chi connectivity index (χ1v) is 12.8. The molecule has 164 valence electrons. The molecule has 2 saturated carbocycles. The number of rotatable bonds is 3. The van der Waals surface area contributed by atoms with E-state index < -0.39 is 15.4 Å². The Morgan fingerprint density at radius 2 is 1.77 bits per heavy atom. The highest BCUT2D eigenvalue weighted by Gasteiger charge is 2.53. The normalized spacial score (nSPS) is 27.6. The van der Waals surface area contributed by atoms with Crippen molar-refractivity contribution in [2.45, 2.75) is 50.0 Å². The molecule has 0 aromatic heterocycles. The topological polar surface area (TPSA) is 86.8 Å². The van der Waals surface area contributed by atoms with Crippen LogP contribution in [0.1, 0.15) is 44.1 Å². The van der Waals surface area contributed by atoms with Crippen molar-refractivity contribution in [2.24, 2.45) is 5.92 Å². The maximum Gasteiger partial charge on any atom is 0.233 e. The van der Waals surface area contributed by atoms with Crippen molar-refractivity contribution in [1.29, 1.82) is 0 Å². The Labute approximate surface area is 178 Å². The Balaban J connectivity index is 1.58. The van der Waals surface area contributed by atoms with Crippen molar-refractivity contribution in [3.05, 3.63) is 35.9 Å². The van der Waals surface area contributed by atoms with E-state index in [-0.39, 0.29) is 30.3 Å². The second-order valence-electron chi connectivity index (χ2n) is 8.86. The summed E-state index contributed by atoms with van der Waals surface area (Å²) in [6.07, 6.45) is 6.07. The van der Waals surface area contributed by atoms with Crippen LogP contribution >= 0.6 is 0 Å². The molecule has 30 heavy (non-hydrogen) atoms. The van der Waals surface area contributed by atoms with E-state index in [0.717, 1.165) is 31.2 Å². The van der Waals surface area contributed by atoms with Gasteiger partial charge < -0.3 is 10.2 Å². The first kappa shape index (κ1) is 21.3. The van der Waals surface area contributed by atoms with E-state index in [4.69, 9.17) is 0 Å². The van der Waals surface area contributed by atoms with Gasteiger partial charge in [0.25, 0.3) is 0 Å². The number of carbonyl (C=O) groups is 2. The fourth-order valence-corrected chi connectivity index (χ4v) is 6.29. The summed E-state index contributed by atoms with van der Waals surface area (Å²) >= 11 is 0. The molecular formula is C22H31N3O4S. The highest BCUT2D eigenvalue weighted by molar-refractivity contribution is 7.88. The average Bonchev–Trinajstić information content (AvgIpc) is 3.54. The van der Waals surface area contributed by atoms with Gasteiger partial charge in [0.05, 0.1) is 17.6 Å². The largest absolute Gasteiger partial charge is 0.354 e. The van der Waals surface area contributed by atoms with E-state index in [2.05, 4.69) is 5.32 Å². The van der Waals surface area contributed by atoms with Gasteiger partial charge in [-0.1, -0.05) is 43.2 Å². The molecule has 4 rings (SSSR count). The molecule has 2 atom stereocenters. The number of fused-ring (bicyclic) bond motifs is 1. The summed E-state index contributed by atoms with van der Waals surface area (Å²) in [5, 5.41) is 2.97. The van der Waals surface area contributed by atoms with Gasteiger partial charge in [0, 0.05) is 32.2 Å². The summed E-state index contributed by atoms with van der Waals surface area (Å²) in [5.41, 5.74) is 0.516. The number of sulfonamides is 1. The lowest BCUT2D eigenvalue weighted by Crippen LogP contribution is -2.56. The van der Waals surface area contributed by atoms with Crippen molar-refractivity contribution in [3.8, 4) is 0 Å². The number of nitrogens with zero attached hydrogens (tertiary/aromatic N) is 2. The summed E-state index contributed by atoms with van der Waals surface area (Å²) in [6.45, 7) is 1.38. The minimum absolute atomic E-state index is 0.0390. The lowest BCUT2D eigenvalue weighted by Gasteiger charge is -2.40. The summed E-state index contributed by atoms with van der Waals surface area (Å²) in [6, 6.07) is 9.48. The molecule has 1 saturated heterocycles. The molecule has 0 bridgehead atoms. The van der Waals surface area contributed by atoms with Gasteiger partial charge in [-0.2, -0.15) is 4.31 Å². The lowest BCUT2D eigenvalue weighted by atomic mass is 9.83. The number of benzene rings is 1. The third-order valence-electron chi connectivity index (χ3n) is 6.91. The molecule has 2 unspecified atom stereocenters. The molecule has 2 amide bonds. The lowest BCUT2D eigenvalue weighted by molar-refractivity contribution is -0.135. The van der Waals surface area contributed by atoms with Gasteiger partial charge in [0.2, 0.25) is 21.8 Å². The zero-order chi connectivity index (χ0) is 21.4. The van der Waals surface area contributed by atoms with Crippen LogP contribution in [0.15, 0.2) is 30.3 Å². The third kappa shape index (κ3) is 4.12. The monoisotopic (exact) mass is 433 g/mol.